The van der Waals surface area contributed by atoms with Crippen LogP contribution in [-0.2, 0) is 16.0 Å². The molecule has 7 heteroatoms. The lowest BCUT2D eigenvalue weighted by atomic mass is 10.0. The molecule has 0 aliphatic rings. The molecule has 1 aromatic carbocycles. The summed E-state index contributed by atoms with van der Waals surface area (Å²) in [5.41, 5.74) is 0.210. The highest BCUT2D eigenvalue weighted by atomic mass is 32.2. The molecule has 0 radical (unpaired) electrons. The highest BCUT2D eigenvalue weighted by Crippen LogP contribution is 2.14. The van der Waals surface area contributed by atoms with E-state index in [1.807, 2.05) is 34.6 Å². The highest BCUT2D eigenvalue weighted by Gasteiger charge is 2.25. The largest absolute Gasteiger partial charge is 0.612 e. The summed E-state index contributed by atoms with van der Waals surface area (Å²) < 4.78 is 11.4. The molecule has 0 spiro atoms. The van der Waals surface area contributed by atoms with Gasteiger partial charge in [0.1, 0.15) is 12.3 Å². The molecule has 1 unspecified atom stereocenters. The second-order valence-corrected chi connectivity index (χ2v) is 8.88. The molecule has 1 rings (SSSR count). The van der Waals surface area contributed by atoms with E-state index in [2.05, 4.69) is 16.0 Å². The van der Waals surface area contributed by atoms with Gasteiger partial charge in [0, 0.05) is 11.2 Å². The van der Waals surface area contributed by atoms with Crippen LogP contribution in [0.4, 0.5) is 10.5 Å². The molecule has 2 atom stereocenters. The standard InChI is InChI=1S/C18H29N3O3S/c1-12(2)11-15(16(22)21-18(3,4)5)20-17(23)19-13-7-9-14(10-8-13)25(6)24/h7-10,12,15H,11H2,1-6H3,(H,21,22)(H2,19,20,23)/t15-,25?/m0/s1. The maximum atomic E-state index is 12.4. The molecule has 0 saturated carbocycles. The first-order valence-corrected chi connectivity index (χ1v) is 9.87. The van der Waals surface area contributed by atoms with Gasteiger partial charge in [0.05, 0.1) is 0 Å². The van der Waals surface area contributed by atoms with Crippen LogP contribution in [0.15, 0.2) is 29.2 Å². The van der Waals surface area contributed by atoms with Crippen molar-refractivity contribution in [2.24, 2.45) is 5.92 Å². The summed E-state index contributed by atoms with van der Waals surface area (Å²) in [6.07, 6.45) is 2.14. The first kappa shape index (κ1) is 21.3. The predicted molar refractivity (Wildman–Crippen MR) is 102 cm³/mol. The Kier molecular flexibility index (Phi) is 7.76. The fourth-order valence-corrected chi connectivity index (χ4v) is 2.73. The van der Waals surface area contributed by atoms with Crippen molar-refractivity contribution >= 4 is 28.8 Å². The van der Waals surface area contributed by atoms with Gasteiger partial charge < -0.3 is 20.5 Å². The number of rotatable bonds is 6. The first-order chi connectivity index (χ1) is 11.5. The molecule has 0 aromatic heterocycles. The Morgan fingerprint density at radius 1 is 1.16 bits per heavy atom. The third-order valence-corrected chi connectivity index (χ3v) is 4.21. The molecular weight excluding hydrogens is 338 g/mol. The highest BCUT2D eigenvalue weighted by molar-refractivity contribution is 7.90. The zero-order valence-corrected chi connectivity index (χ0v) is 16.6. The second-order valence-electron chi connectivity index (χ2n) is 7.50. The van der Waals surface area contributed by atoms with Crippen LogP contribution in [0, 0.1) is 5.92 Å². The monoisotopic (exact) mass is 367 g/mol. The van der Waals surface area contributed by atoms with E-state index < -0.39 is 23.2 Å². The minimum atomic E-state index is -1.06. The summed E-state index contributed by atoms with van der Waals surface area (Å²) in [7, 11) is 0. The van der Waals surface area contributed by atoms with E-state index in [-0.39, 0.29) is 17.4 Å². The molecule has 0 bridgehead atoms. The molecule has 0 fully saturated rings. The van der Waals surface area contributed by atoms with E-state index in [1.165, 1.54) is 0 Å². The lowest BCUT2D eigenvalue weighted by Crippen LogP contribution is -2.53. The molecule has 0 aliphatic heterocycles. The third-order valence-electron chi connectivity index (χ3n) is 3.27. The van der Waals surface area contributed by atoms with Crippen LogP contribution in [0.2, 0.25) is 0 Å². The number of benzene rings is 1. The van der Waals surface area contributed by atoms with Gasteiger partial charge in [-0.3, -0.25) is 4.79 Å². The SMILES string of the molecule is CC(C)C[C@H](NC(=O)Nc1ccc([S+](C)[O-])cc1)C(=O)NC(C)(C)C. The summed E-state index contributed by atoms with van der Waals surface area (Å²) in [4.78, 5) is 25.3. The predicted octanol–water partition coefficient (Wildman–Crippen LogP) is 2.87. The normalized spacial score (nSPS) is 13.9. The van der Waals surface area contributed by atoms with Gasteiger partial charge in [0.15, 0.2) is 4.90 Å². The van der Waals surface area contributed by atoms with Gasteiger partial charge >= 0.3 is 6.03 Å². The van der Waals surface area contributed by atoms with Crippen molar-refractivity contribution in [3.8, 4) is 0 Å². The van der Waals surface area contributed by atoms with E-state index in [9.17, 15) is 14.1 Å². The molecule has 0 heterocycles. The lowest BCUT2D eigenvalue weighted by molar-refractivity contribution is -0.124. The van der Waals surface area contributed by atoms with E-state index >= 15 is 0 Å². The minimum Gasteiger partial charge on any atom is -0.612 e. The number of amides is 3. The van der Waals surface area contributed by atoms with Crippen molar-refractivity contribution in [1.82, 2.24) is 10.6 Å². The van der Waals surface area contributed by atoms with Crippen molar-refractivity contribution in [2.75, 3.05) is 11.6 Å². The van der Waals surface area contributed by atoms with Gasteiger partial charge in [0.25, 0.3) is 0 Å². The van der Waals surface area contributed by atoms with Gasteiger partial charge in [-0.25, -0.2) is 4.79 Å². The lowest BCUT2D eigenvalue weighted by Gasteiger charge is -2.26. The first-order valence-electron chi connectivity index (χ1n) is 8.31. The van der Waals surface area contributed by atoms with Gasteiger partial charge in [0.2, 0.25) is 5.91 Å². The van der Waals surface area contributed by atoms with Crippen LogP contribution in [0.1, 0.15) is 41.0 Å². The summed E-state index contributed by atoms with van der Waals surface area (Å²) in [5.74, 6) is 0.0583. The number of anilines is 1. The van der Waals surface area contributed by atoms with E-state index in [4.69, 9.17) is 0 Å². The van der Waals surface area contributed by atoms with Gasteiger partial charge in [-0.15, -0.1) is 0 Å². The third kappa shape index (κ3) is 8.27. The fraction of sp³-hybridized carbons (Fsp3) is 0.556. The summed E-state index contributed by atoms with van der Waals surface area (Å²) in [5, 5.41) is 8.33. The summed E-state index contributed by atoms with van der Waals surface area (Å²) in [6.45, 7) is 9.70. The molecule has 140 valence electrons. The maximum Gasteiger partial charge on any atom is 0.319 e. The van der Waals surface area contributed by atoms with Crippen molar-refractivity contribution in [2.45, 2.75) is 57.5 Å². The van der Waals surface area contributed by atoms with Crippen LogP contribution >= 0.6 is 0 Å². The van der Waals surface area contributed by atoms with Crippen LogP contribution in [0.5, 0.6) is 0 Å². The molecule has 0 aliphatic carbocycles. The van der Waals surface area contributed by atoms with Crippen molar-refractivity contribution in [1.29, 1.82) is 0 Å². The van der Waals surface area contributed by atoms with E-state index in [0.717, 1.165) is 0 Å². The van der Waals surface area contributed by atoms with Gasteiger partial charge in [-0.1, -0.05) is 13.8 Å². The Bertz CT molecular complexity index is 580. The number of nitrogens with one attached hydrogen (secondary N) is 3. The zero-order chi connectivity index (χ0) is 19.2. The molecule has 1 aromatic rings. The number of carbonyl (C=O) groups is 2. The van der Waals surface area contributed by atoms with Crippen molar-refractivity contribution in [3.63, 3.8) is 0 Å². The molecular formula is C18H29N3O3S. The Hall–Kier alpha value is -1.73. The molecule has 6 nitrogen and oxygen atoms in total. The molecule has 25 heavy (non-hydrogen) atoms. The second kappa shape index (κ2) is 9.10. The Morgan fingerprint density at radius 3 is 2.16 bits per heavy atom. The average molecular weight is 368 g/mol. The number of urea groups is 1. The number of hydrogen-bond donors (Lipinski definition) is 3. The van der Waals surface area contributed by atoms with E-state index in [1.54, 1.807) is 30.5 Å². The summed E-state index contributed by atoms with van der Waals surface area (Å²) in [6, 6.07) is 5.71. The van der Waals surface area contributed by atoms with Crippen LogP contribution in [-0.4, -0.2) is 34.3 Å². The van der Waals surface area contributed by atoms with Gasteiger partial charge in [-0.05, 0) is 68.6 Å². The molecule has 0 saturated heterocycles. The van der Waals surface area contributed by atoms with Crippen molar-refractivity contribution < 1.29 is 14.1 Å². The molecule has 3 amide bonds. The maximum absolute atomic E-state index is 12.4. The van der Waals surface area contributed by atoms with Crippen molar-refractivity contribution in [3.05, 3.63) is 24.3 Å². The average Bonchev–Trinajstić information content (AvgIpc) is 2.44. The zero-order valence-electron chi connectivity index (χ0n) is 15.8. The smallest absolute Gasteiger partial charge is 0.319 e. The Balaban J connectivity index is 2.72. The van der Waals surface area contributed by atoms with Crippen LogP contribution in [0.25, 0.3) is 0 Å². The Labute approximate surface area is 153 Å². The van der Waals surface area contributed by atoms with E-state index in [0.29, 0.717) is 17.0 Å². The summed E-state index contributed by atoms with van der Waals surface area (Å²) >= 11 is -1.06. The molecule has 3 N–H and O–H groups in total. The van der Waals surface area contributed by atoms with Crippen LogP contribution < -0.4 is 16.0 Å². The van der Waals surface area contributed by atoms with Crippen LogP contribution in [0.3, 0.4) is 0 Å². The minimum absolute atomic E-state index is 0.201. The quantitative estimate of drug-likeness (QED) is 0.675. The number of carbonyl (C=O) groups excluding carboxylic acids is 2. The Morgan fingerprint density at radius 2 is 1.72 bits per heavy atom. The number of hydrogen-bond acceptors (Lipinski definition) is 3. The fourth-order valence-electron chi connectivity index (χ4n) is 2.21. The topological polar surface area (TPSA) is 93.3 Å². The van der Waals surface area contributed by atoms with Gasteiger partial charge in [-0.2, -0.15) is 0 Å².